The van der Waals surface area contributed by atoms with Crippen LogP contribution in [0.25, 0.3) is 0 Å². The minimum atomic E-state index is 0.708. The van der Waals surface area contributed by atoms with E-state index in [-0.39, 0.29) is 0 Å². The van der Waals surface area contributed by atoms with Crippen molar-refractivity contribution in [2.45, 2.75) is 63.6 Å². The van der Waals surface area contributed by atoms with Gasteiger partial charge in [0, 0.05) is 62.5 Å². The van der Waals surface area contributed by atoms with Crippen LogP contribution in [0.3, 0.4) is 0 Å². The summed E-state index contributed by atoms with van der Waals surface area (Å²) in [5.74, 6) is 2.67. The van der Waals surface area contributed by atoms with Crippen molar-refractivity contribution in [3.05, 3.63) is 18.2 Å². The van der Waals surface area contributed by atoms with Crippen LogP contribution in [0.1, 0.15) is 56.7 Å². The molecular weight excluding hydrogens is 316 g/mol. The van der Waals surface area contributed by atoms with E-state index in [1.807, 2.05) is 0 Å². The zero-order valence-electron chi connectivity index (χ0n) is 14.9. The van der Waals surface area contributed by atoms with Gasteiger partial charge in [0.2, 0.25) is 0 Å². The summed E-state index contributed by atoms with van der Waals surface area (Å²) in [5, 5.41) is 0. The molecule has 2 saturated heterocycles. The Morgan fingerprint density at radius 3 is 2.42 bits per heavy atom. The lowest BCUT2D eigenvalue weighted by Gasteiger charge is -2.40. The third-order valence-electron chi connectivity index (χ3n) is 6.22. The van der Waals surface area contributed by atoms with Crippen LogP contribution in [-0.4, -0.2) is 63.1 Å². The standard InChI is InChI=1S/C19H32N4S/c1-2-4-18(5-3-1)23-16-20-14-19(23)15-21-8-6-17(7-9-21)22-10-12-24-13-11-22/h14,16-18H,1-13,15H2. The Kier molecular flexibility index (Phi) is 5.81. The first kappa shape index (κ1) is 16.9. The molecule has 0 amide bonds. The smallest absolute Gasteiger partial charge is 0.0951 e. The summed E-state index contributed by atoms with van der Waals surface area (Å²) in [5.41, 5.74) is 1.44. The molecule has 0 spiro atoms. The Labute approximate surface area is 151 Å². The molecular formula is C19H32N4S. The van der Waals surface area contributed by atoms with Crippen LogP contribution >= 0.6 is 11.8 Å². The SMILES string of the molecule is c1ncn(C2CCCCC2)c1CN1CCC(N2CCSCC2)CC1. The van der Waals surface area contributed by atoms with E-state index in [1.165, 1.54) is 88.3 Å². The first-order valence-corrected chi connectivity index (χ1v) is 11.1. The van der Waals surface area contributed by atoms with Gasteiger partial charge in [-0.1, -0.05) is 19.3 Å². The van der Waals surface area contributed by atoms with Crippen LogP contribution < -0.4 is 0 Å². The molecule has 3 fully saturated rings. The maximum atomic E-state index is 4.48. The van der Waals surface area contributed by atoms with Gasteiger partial charge in [0.1, 0.15) is 0 Å². The Morgan fingerprint density at radius 1 is 0.917 bits per heavy atom. The summed E-state index contributed by atoms with van der Waals surface area (Å²) in [7, 11) is 0. The van der Waals surface area contributed by atoms with E-state index >= 15 is 0 Å². The van der Waals surface area contributed by atoms with E-state index in [9.17, 15) is 0 Å². The molecule has 3 aliphatic rings. The molecule has 1 aliphatic carbocycles. The molecule has 3 heterocycles. The van der Waals surface area contributed by atoms with Gasteiger partial charge < -0.3 is 4.57 Å². The van der Waals surface area contributed by atoms with E-state index in [0.29, 0.717) is 6.04 Å². The van der Waals surface area contributed by atoms with Crippen LogP contribution in [0.4, 0.5) is 0 Å². The van der Waals surface area contributed by atoms with Crippen molar-refractivity contribution in [3.8, 4) is 0 Å². The summed E-state index contributed by atoms with van der Waals surface area (Å²) in [6, 6.07) is 1.55. The van der Waals surface area contributed by atoms with Gasteiger partial charge in [-0.15, -0.1) is 0 Å². The molecule has 0 unspecified atom stereocenters. The average molecular weight is 349 g/mol. The minimum Gasteiger partial charge on any atom is -0.330 e. The molecule has 2 aliphatic heterocycles. The third kappa shape index (κ3) is 4.00. The summed E-state index contributed by atoms with van der Waals surface area (Å²) in [6.45, 7) is 6.22. The Morgan fingerprint density at radius 2 is 1.67 bits per heavy atom. The highest BCUT2D eigenvalue weighted by atomic mass is 32.2. The largest absolute Gasteiger partial charge is 0.330 e. The number of hydrogen-bond acceptors (Lipinski definition) is 4. The number of hydrogen-bond donors (Lipinski definition) is 0. The van der Waals surface area contributed by atoms with Gasteiger partial charge in [-0.25, -0.2) is 4.98 Å². The van der Waals surface area contributed by atoms with E-state index in [1.54, 1.807) is 0 Å². The minimum absolute atomic E-state index is 0.708. The molecule has 1 aromatic rings. The predicted molar refractivity (Wildman–Crippen MR) is 102 cm³/mol. The van der Waals surface area contributed by atoms with Crippen molar-refractivity contribution in [1.29, 1.82) is 0 Å². The maximum absolute atomic E-state index is 4.48. The first-order chi connectivity index (χ1) is 11.9. The topological polar surface area (TPSA) is 24.3 Å². The van der Waals surface area contributed by atoms with E-state index < -0.39 is 0 Å². The van der Waals surface area contributed by atoms with Gasteiger partial charge in [0.05, 0.1) is 12.0 Å². The van der Waals surface area contributed by atoms with Gasteiger partial charge in [-0.05, 0) is 25.7 Å². The van der Waals surface area contributed by atoms with Crippen molar-refractivity contribution >= 4 is 11.8 Å². The van der Waals surface area contributed by atoms with Gasteiger partial charge in [0.25, 0.3) is 0 Å². The van der Waals surface area contributed by atoms with Crippen molar-refractivity contribution < 1.29 is 0 Å². The summed E-state index contributed by atoms with van der Waals surface area (Å²) in [6.07, 6.45) is 13.8. The van der Waals surface area contributed by atoms with Crippen LogP contribution in [0.5, 0.6) is 0 Å². The highest BCUT2D eigenvalue weighted by Crippen LogP contribution is 2.29. The van der Waals surface area contributed by atoms with Gasteiger partial charge in [-0.3, -0.25) is 9.80 Å². The fourth-order valence-electron chi connectivity index (χ4n) is 4.76. The lowest BCUT2D eigenvalue weighted by molar-refractivity contribution is 0.110. The molecule has 0 N–H and O–H groups in total. The van der Waals surface area contributed by atoms with Crippen molar-refractivity contribution in [2.75, 3.05) is 37.7 Å². The second kappa shape index (κ2) is 8.24. The number of imidazole rings is 1. The van der Waals surface area contributed by atoms with Gasteiger partial charge in [0.15, 0.2) is 0 Å². The van der Waals surface area contributed by atoms with Gasteiger partial charge in [-0.2, -0.15) is 11.8 Å². The molecule has 134 valence electrons. The highest BCUT2D eigenvalue weighted by Gasteiger charge is 2.26. The molecule has 4 nitrogen and oxygen atoms in total. The second-order valence-corrected chi connectivity index (χ2v) is 8.96. The molecule has 5 heteroatoms. The Balaban J connectivity index is 1.30. The summed E-state index contributed by atoms with van der Waals surface area (Å²) < 4.78 is 2.49. The van der Waals surface area contributed by atoms with E-state index in [4.69, 9.17) is 0 Å². The maximum Gasteiger partial charge on any atom is 0.0951 e. The number of thioether (sulfide) groups is 1. The van der Waals surface area contributed by atoms with Crippen molar-refractivity contribution in [3.63, 3.8) is 0 Å². The van der Waals surface area contributed by atoms with Crippen LogP contribution in [-0.2, 0) is 6.54 Å². The monoisotopic (exact) mass is 348 g/mol. The second-order valence-electron chi connectivity index (χ2n) is 7.74. The zero-order valence-corrected chi connectivity index (χ0v) is 15.7. The third-order valence-corrected chi connectivity index (χ3v) is 7.16. The molecule has 4 rings (SSSR count). The number of rotatable bonds is 4. The quantitative estimate of drug-likeness (QED) is 0.832. The fourth-order valence-corrected chi connectivity index (χ4v) is 5.69. The predicted octanol–water partition coefficient (Wildman–Crippen LogP) is 3.40. The van der Waals surface area contributed by atoms with E-state index in [0.717, 1.165) is 12.6 Å². The molecule has 1 aromatic heterocycles. The summed E-state index contributed by atoms with van der Waals surface area (Å²) >= 11 is 2.12. The van der Waals surface area contributed by atoms with Crippen molar-refractivity contribution in [2.24, 2.45) is 0 Å². The molecule has 24 heavy (non-hydrogen) atoms. The first-order valence-electron chi connectivity index (χ1n) is 9.95. The molecule has 1 saturated carbocycles. The lowest BCUT2D eigenvalue weighted by Crippen LogP contribution is -2.47. The Hall–Kier alpha value is -0.520. The van der Waals surface area contributed by atoms with Crippen LogP contribution in [0.2, 0.25) is 0 Å². The molecule has 0 radical (unpaired) electrons. The number of piperidine rings is 1. The van der Waals surface area contributed by atoms with E-state index in [2.05, 4.69) is 43.6 Å². The molecule has 0 bridgehead atoms. The van der Waals surface area contributed by atoms with Crippen LogP contribution in [0, 0.1) is 0 Å². The van der Waals surface area contributed by atoms with Crippen LogP contribution in [0.15, 0.2) is 12.5 Å². The van der Waals surface area contributed by atoms with Crippen molar-refractivity contribution in [1.82, 2.24) is 19.4 Å². The lowest BCUT2D eigenvalue weighted by atomic mass is 9.95. The summed E-state index contributed by atoms with van der Waals surface area (Å²) in [4.78, 5) is 9.89. The number of likely N-dealkylation sites (tertiary alicyclic amines) is 1. The normalized spacial score (nSPS) is 26.0. The number of nitrogens with zero attached hydrogens (tertiary/aromatic N) is 4. The zero-order chi connectivity index (χ0) is 16.2. The molecule has 0 aromatic carbocycles. The Bertz CT molecular complexity index is 497. The molecule has 0 atom stereocenters. The fraction of sp³-hybridized carbons (Fsp3) is 0.842. The van der Waals surface area contributed by atoms with Gasteiger partial charge >= 0.3 is 0 Å². The number of aromatic nitrogens is 2. The highest BCUT2D eigenvalue weighted by molar-refractivity contribution is 7.99. The average Bonchev–Trinajstić information content (AvgIpc) is 3.12.